The van der Waals surface area contributed by atoms with Crippen LogP contribution in [-0.4, -0.2) is 21.1 Å². The summed E-state index contributed by atoms with van der Waals surface area (Å²) in [6, 6.07) is 14.2. The molecule has 0 aliphatic heterocycles. The Morgan fingerprint density at radius 1 is 1.25 bits per heavy atom. The zero-order valence-electron chi connectivity index (χ0n) is 12.7. The molecule has 2 aromatic carbocycles. The molecule has 6 heteroatoms. The standard InChI is InChI=1S/C18H14N4O2/c19-10-14-1-4-17(5-2-14)22(21-8-7-20-13-21)11-15-3-6-18(24)16(9-15)12-23/h1-9,12-13,24H,11H2. The van der Waals surface area contributed by atoms with E-state index in [1.165, 1.54) is 6.07 Å². The lowest BCUT2D eigenvalue weighted by Crippen LogP contribution is -2.27. The first kappa shape index (κ1) is 15.3. The number of anilines is 1. The maximum absolute atomic E-state index is 11.0. The molecule has 0 unspecified atom stereocenters. The molecule has 118 valence electrons. The fourth-order valence-corrected chi connectivity index (χ4v) is 2.38. The van der Waals surface area contributed by atoms with Crippen LogP contribution in [0.25, 0.3) is 0 Å². The van der Waals surface area contributed by atoms with Gasteiger partial charge in [0.1, 0.15) is 12.1 Å². The number of nitriles is 1. The fourth-order valence-electron chi connectivity index (χ4n) is 2.38. The summed E-state index contributed by atoms with van der Waals surface area (Å²) in [7, 11) is 0. The first-order chi connectivity index (χ1) is 11.7. The average Bonchev–Trinajstić information content (AvgIpc) is 3.15. The molecule has 1 heterocycles. The summed E-state index contributed by atoms with van der Waals surface area (Å²) >= 11 is 0. The summed E-state index contributed by atoms with van der Waals surface area (Å²) in [6.45, 7) is 0.462. The Morgan fingerprint density at radius 3 is 2.67 bits per heavy atom. The molecule has 3 aromatic rings. The van der Waals surface area contributed by atoms with E-state index in [2.05, 4.69) is 11.1 Å². The number of hydrogen-bond donors (Lipinski definition) is 1. The van der Waals surface area contributed by atoms with Crippen molar-refractivity contribution < 1.29 is 9.90 Å². The van der Waals surface area contributed by atoms with Gasteiger partial charge in [-0.15, -0.1) is 0 Å². The largest absolute Gasteiger partial charge is 0.507 e. The van der Waals surface area contributed by atoms with Crippen molar-refractivity contribution in [3.63, 3.8) is 0 Å². The number of imidazole rings is 1. The van der Waals surface area contributed by atoms with Gasteiger partial charge in [-0.2, -0.15) is 5.26 Å². The lowest BCUT2D eigenvalue weighted by molar-refractivity contribution is 0.112. The van der Waals surface area contributed by atoms with E-state index in [0.29, 0.717) is 18.4 Å². The van der Waals surface area contributed by atoms with Crippen LogP contribution in [0.15, 0.2) is 61.2 Å². The van der Waals surface area contributed by atoms with Gasteiger partial charge >= 0.3 is 0 Å². The maximum atomic E-state index is 11.0. The number of aromatic hydroxyl groups is 1. The van der Waals surface area contributed by atoms with Crippen LogP contribution in [0.5, 0.6) is 5.75 Å². The van der Waals surface area contributed by atoms with Gasteiger partial charge in [-0.1, -0.05) is 6.07 Å². The van der Waals surface area contributed by atoms with Gasteiger partial charge < -0.3 is 5.11 Å². The van der Waals surface area contributed by atoms with Crippen molar-refractivity contribution in [1.82, 2.24) is 9.66 Å². The van der Waals surface area contributed by atoms with Gasteiger partial charge in [0.05, 0.1) is 29.4 Å². The molecule has 0 saturated heterocycles. The number of carbonyl (C=O) groups excluding carboxylic acids is 1. The Morgan fingerprint density at radius 2 is 2.04 bits per heavy atom. The summed E-state index contributed by atoms with van der Waals surface area (Å²) in [4.78, 5) is 15.1. The molecule has 0 atom stereocenters. The Kier molecular flexibility index (Phi) is 4.25. The molecule has 0 bridgehead atoms. The van der Waals surface area contributed by atoms with Gasteiger partial charge in [-0.3, -0.25) is 9.80 Å². The minimum atomic E-state index is -0.0405. The first-order valence-electron chi connectivity index (χ1n) is 7.24. The molecule has 0 saturated carbocycles. The van der Waals surface area contributed by atoms with Gasteiger partial charge in [0.25, 0.3) is 0 Å². The van der Waals surface area contributed by atoms with Gasteiger partial charge in [0, 0.05) is 12.4 Å². The topological polar surface area (TPSA) is 82.2 Å². The summed E-state index contributed by atoms with van der Waals surface area (Å²) in [5, 5.41) is 20.5. The summed E-state index contributed by atoms with van der Waals surface area (Å²) < 4.78 is 1.81. The van der Waals surface area contributed by atoms with Crippen molar-refractivity contribution >= 4 is 12.0 Å². The highest BCUT2D eigenvalue weighted by Gasteiger charge is 2.11. The molecular weight excluding hydrogens is 304 g/mol. The molecule has 3 rings (SSSR count). The zero-order chi connectivity index (χ0) is 16.9. The Hall–Kier alpha value is -3.59. The van der Waals surface area contributed by atoms with Crippen LogP contribution in [0.2, 0.25) is 0 Å². The molecular formula is C18H14N4O2. The molecule has 24 heavy (non-hydrogen) atoms. The Labute approximate surface area is 138 Å². The lowest BCUT2D eigenvalue weighted by atomic mass is 10.1. The molecule has 1 aromatic heterocycles. The summed E-state index contributed by atoms with van der Waals surface area (Å²) in [5.74, 6) is -0.0405. The number of benzene rings is 2. The summed E-state index contributed by atoms with van der Waals surface area (Å²) in [6.07, 6.45) is 5.77. The van der Waals surface area contributed by atoms with Gasteiger partial charge in [-0.25, -0.2) is 9.66 Å². The van der Waals surface area contributed by atoms with E-state index in [-0.39, 0.29) is 11.3 Å². The molecule has 0 spiro atoms. The second-order valence-electron chi connectivity index (χ2n) is 5.17. The monoisotopic (exact) mass is 318 g/mol. The third-order valence-corrected chi connectivity index (χ3v) is 3.61. The van der Waals surface area contributed by atoms with E-state index in [1.54, 1.807) is 43.0 Å². The number of nitrogens with zero attached hydrogens (tertiary/aromatic N) is 4. The quantitative estimate of drug-likeness (QED) is 0.731. The van der Waals surface area contributed by atoms with Crippen molar-refractivity contribution in [3.05, 3.63) is 77.9 Å². The summed E-state index contributed by atoms with van der Waals surface area (Å²) in [5.41, 5.74) is 2.55. The van der Waals surface area contributed by atoms with Crippen molar-refractivity contribution in [2.24, 2.45) is 0 Å². The fraction of sp³-hybridized carbons (Fsp3) is 0.0556. The van der Waals surface area contributed by atoms with Crippen molar-refractivity contribution in [3.8, 4) is 11.8 Å². The molecule has 6 nitrogen and oxygen atoms in total. The number of carbonyl (C=O) groups is 1. The number of phenolic OH excluding ortho intramolecular Hbond substituents is 1. The van der Waals surface area contributed by atoms with E-state index < -0.39 is 0 Å². The number of phenols is 1. The molecule has 0 aliphatic carbocycles. The maximum Gasteiger partial charge on any atom is 0.153 e. The van der Waals surface area contributed by atoms with Gasteiger partial charge in [-0.05, 0) is 42.0 Å². The smallest absolute Gasteiger partial charge is 0.153 e. The highest BCUT2D eigenvalue weighted by atomic mass is 16.3. The second kappa shape index (κ2) is 6.67. The third-order valence-electron chi connectivity index (χ3n) is 3.61. The molecule has 0 amide bonds. The zero-order valence-corrected chi connectivity index (χ0v) is 12.7. The number of rotatable bonds is 5. The van der Waals surface area contributed by atoms with Crippen molar-refractivity contribution in [2.75, 3.05) is 5.01 Å². The number of aromatic nitrogens is 2. The number of hydrogen-bond acceptors (Lipinski definition) is 5. The van der Waals surface area contributed by atoms with E-state index >= 15 is 0 Å². The van der Waals surface area contributed by atoms with E-state index in [1.807, 2.05) is 21.8 Å². The van der Waals surface area contributed by atoms with Crippen LogP contribution >= 0.6 is 0 Å². The highest BCUT2D eigenvalue weighted by molar-refractivity contribution is 5.79. The predicted octanol–water partition coefficient (Wildman–Crippen LogP) is 2.74. The van der Waals surface area contributed by atoms with Gasteiger partial charge in [0.15, 0.2) is 6.29 Å². The van der Waals surface area contributed by atoms with E-state index in [0.717, 1.165) is 11.3 Å². The third kappa shape index (κ3) is 3.10. The van der Waals surface area contributed by atoms with Crippen LogP contribution in [0, 0.1) is 11.3 Å². The average molecular weight is 318 g/mol. The molecule has 0 radical (unpaired) electrons. The minimum Gasteiger partial charge on any atom is -0.507 e. The van der Waals surface area contributed by atoms with Crippen LogP contribution in [-0.2, 0) is 6.54 Å². The highest BCUT2D eigenvalue weighted by Crippen LogP contribution is 2.22. The first-order valence-corrected chi connectivity index (χ1v) is 7.24. The van der Waals surface area contributed by atoms with Crippen LogP contribution in [0.1, 0.15) is 21.5 Å². The van der Waals surface area contributed by atoms with Crippen molar-refractivity contribution in [2.45, 2.75) is 6.54 Å². The van der Waals surface area contributed by atoms with Crippen molar-refractivity contribution in [1.29, 1.82) is 5.26 Å². The van der Waals surface area contributed by atoms with E-state index in [4.69, 9.17) is 5.26 Å². The molecule has 0 fully saturated rings. The number of aldehydes is 1. The van der Waals surface area contributed by atoms with Crippen LogP contribution in [0.3, 0.4) is 0 Å². The van der Waals surface area contributed by atoms with Crippen LogP contribution in [0.4, 0.5) is 5.69 Å². The Balaban J connectivity index is 1.96. The van der Waals surface area contributed by atoms with Gasteiger partial charge in [0.2, 0.25) is 0 Å². The molecule has 0 aliphatic rings. The SMILES string of the molecule is N#Cc1ccc(N(Cc2ccc(O)c(C=O)c2)n2ccnc2)cc1. The Bertz CT molecular complexity index is 880. The second-order valence-corrected chi connectivity index (χ2v) is 5.17. The van der Waals surface area contributed by atoms with E-state index in [9.17, 15) is 9.90 Å². The molecule has 1 N–H and O–H groups in total. The van der Waals surface area contributed by atoms with Crippen LogP contribution < -0.4 is 5.01 Å². The predicted molar refractivity (Wildman–Crippen MR) is 88.5 cm³/mol. The minimum absolute atomic E-state index is 0.0405. The lowest BCUT2D eigenvalue weighted by Gasteiger charge is -2.26. The normalized spacial score (nSPS) is 10.1.